The van der Waals surface area contributed by atoms with Crippen molar-refractivity contribution in [2.24, 2.45) is 0 Å². The summed E-state index contributed by atoms with van der Waals surface area (Å²) in [6.45, 7) is 1.32. The van der Waals surface area contributed by atoms with E-state index in [-0.39, 0.29) is 23.7 Å². The Kier molecular flexibility index (Phi) is 6.47. The van der Waals surface area contributed by atoms with Gasteiger partial charge in [-0.3, -0.25) is 0 Å². The second-order valence-corrected chi connectivity index (χ2v) is 1.75. The second kappa shape index (κ2) is 4.52. The van der Waals surface area contributed by atoms with E-state index in [9.17, 15) is 14.0 Å². The molecule has 0 saturated carbocycles. The van der Waals surface area contributed by atoms with E-state index in [0.29, 0.717) is 0 Å². The third-order valence-corrected chi connectivity index (χ3v) is 0.728. The molecule has 55 valence electrons. The summed E-state index contributed by atoms with van der Waals surface area (Å²) >= 11 is 0. The van der Waals surface area contributed by atoms with Crippen LogP contribution in [0.3, 0.4) is 0 Å². The van der Waals surface area contributed by atoms with Crippen molar-refractivity contribution in [3.63, 3.8) is 0 Å². The summed E-state index contributed by atoms with van der Waals surface area (Å²) < 4.78 is 31.9. The van der Waals surface area contributed by atoms with Crippen LogP contribution in [0.1, 0.15) is 6.92 Å². The Bertz CT molecular complexity index is 52.5. The van der Waals surface area contributed by atoms with Crippen molar-refractivity contribution < 1.29 is 45.6 Å². The number of hydrogen-bond donors (Lipinski definition) is 0. The largest absolute Gasteiger partial charge is 0.201 e. The Hall–Kier alpha value is 0.649. The van der Waals surface area contributed by atoms with Gasteiger partial charge in [-0.1, -0.05) is 0 Å². The van der Waals surface area contributed by atoms with Crippen molar-refractivity contribution in [2.45, 2.75) is 6.92 Å². The van der Waals surface area contributed by atoms with Gasteiger partial charge in [-0.05, 0) is 6.92 Å². The standard InChI is InChI=1S/C2H5ClO4.Cu/c1-2-7-3(4,5)6;/h2H2,1H3;. The van der Waals surface area contributed by atoms with Gasteiger partial charge in [0, 0.05) is 17.1 Å². The molecule has 0 spiro atoms. The normalized spacial score (nSPS) is 10.5. The number of rotatable bonds is 2. The molecule has 4 nitrogen and oxygen atoms in total. The van der Waals surface area contributed by atoms with Crippen molar-refractivity contribution in [3.05, 3.63) is 0 Å². The van der Waals surface area contributed by atoms with E-state index in [1.54, 1.807) is 0 Å². The smallest absolute Gasteiger partial charge is 0.183 e. The molecule has 0 aliphatic heterocycles. The van der Waals surface area contributed by atoms with Crippen LogP contribution in [0.4, 0.5) is 0 Å². The van der Waals surface area contributed by atoms with Crippen LogP contribution in [0, 0.1) is 10.2 Å². The molecule has 0 heterocycles. The third-order valence-electron chi connectivity index (χ3n) is 0.243. The van der Waals surface area contributed by atoms with E-state index >= 15 is 0 Å². The van der Waals surface area contributed by atoms with Crippen LogP contribution >= 0.6 is 0 Å². The predicted octanol–water partition coefficient (Wildman–Crippen LogP) is -3.08. The minimum Gasteiger partial charge on any atom is -0.183 e. The summed E-state index contributed by atoms with van der Waals surface area (Å²) in [5, 5.41) is 0. The SMILES string of the molecule is CCO[Cl+3]([O-])([O-])[O-].[Cu]. The average Bonchev–Trinajstić information content (AvgIpc) is 1.30. The molecule has 0 rings (SSSR count). The van der Waals surface area contributed by atoms with Crippen LogP contribution in [-0.2, 0) is 21.4 Å². The summed E-state index contributed by atoms with van der Waals surface area (Å²) in [4.78, 5) is 0. The molecule has 0 aromatic heterocycles. The zero-order valence-electron chi connectivity index (χ0n) is 4.02. The van der Waals surface area contributed by atoms with Crippen molar-refractivity contribution in [3.8, 4) is 0 Å². The van der Waals surface area contributed by atoms with Gasteiger partial charge in [0.15, 0.2) is 0 Å². The molecular weight excluding hydrogens is 187 g/mol. The van der Waals surface area contributed by atoms with Crippen LogP contribution in [0.15, 0.2) is 0 Å². The molecule has 0 aromatic carbocycles. The Morgan fingerprint density at radius 3 is 1.75 bits per heavy atom. The summed E-state index contributed by atoms with van der Waals surface area (Å²) in [7, 11) is -4.18. The molecule has 0 aromatic rings. The third kappa shape index (κ3) is 9.82. The number of hydrogen-bond acceptors (Lipinski definition) is 4. The van der Waals surface area contributed by atoms with E-state index < -0.39 is 10.2 Å². The zero-order valence-corrected chi connectivity index (χ0v) is 5.72. The molecule has 0 bridgehead atoms. The first-order valence-electron chi connectivity index (χ1n) is 1.61. The summed E-state index contributed by atoms with van der Waals surface area (Å²) in [5.74, 6) is 0. The first kappa shape index (κ1) is 11.4. The molecule has 6 heteroatoms. The minimum absolute atomic E-state index is 0. The van der Waals surface area contributed by atoms with Gasteiger partial charge in [-0.2, -0.15) is 14.0 Å². The maximum atomic E-state index is 9.43. The van der Waals surface area contributed by atoms with E-state index in [0.717, 1.165) is 0 Å². The summed E-state index contributed by atoms with van der Waals surface area (Å²) in [6.07, 6.45) is 0. The van der Waals surface area contributed by atoms with Gasteiger partial charge < -0.3 is 0 Å². The van der Waals surface area contributed by atoms with Crippen molar-refractivity contribution in [2.75, 3.05) is 6.61 Å². The van der Waals surface area contributed by atoms with Gasteiger partial charge >= 0.3 is 0 Å². The molecule has 0 amide bonds. The molecule has 0 aliphatic rings. The molecule has 0 saturated heterocycles. The van der Waals surface area contributed by atoms with Gasteiger partial charge in [0.05, 0.1) is 14.5 Å². The maximum Gasteiger partial charge on any atom is 0.201 e. The van der Waals surface area contributed by atoms with Crippen LogP contribution in [-0.4, -0.2) is 6.61 Å². The Morgan fingerprint density at radius 2 is 1.75 bits per heavy atom. The van der Waals surface area contributed by atoms with Crippen molar-refractivity contribution >= 4 is 0 Å². The van der Waals surface area contributed by atoms with Crippen LogP contribution in [0.25, 0.3) is 0 Å². The minimum atomic E-state index is -4.18. The van der Waals surface area contributed by atoms with E-state index in [1.165, 1.54) is 6.92 Å². The van der Waals surface area contributed by atoms with Gasteiger partial charge in [-0.25, -0.2) is 0 Å². The molecule has 0 aliphatic carbocycles. The summed E-state index contributed by atoms with van der Waals surface area (Å²) in [6, 6.07) is 0. The maximum absolute atomic E-state index is 9.43. The first-order valence-corrected chi connectivity index (χ1v) is 2.85. The predicted molar refractivity (Wildman–Crippen MR) is 11.6 cm³/mol. The van der Waals surface area contributed by atoms with E-state index in [2.05, 4.69) is 4.29 Å². The molecule has 0 fully saturated rings. The van der Waals surface area contributed by atoms with E-state index in [4.69, 9.17) is 0 Å². The molecule has 0 unspecified atom stereocenters. The molecule has 8 heavy (non-hydrogen) atoms. The first-order chi connectivity index (χ1) is 3.06. The average molecular weight is 192 g/mol. The van der Waals surface area contributed by atoms with Crippen molar-refractivity contribution in [1.29, 1.82) is 0 Å². The molecule has 0 atom stereocenters. The fraction of sp³-hybridized carbons (Fsp3) is 1.00. The quantitative estimate of drug-likeness (QED) is 0.434. The van der Waals surface area contributed by atoms with Gasteiger partial charge in [0.1, 0.15) is 0 Å². The monoisotopic (exact) mass is 191 g/mol. The van der Waals surface area contributed by atoms with Crippen LogP contribution in [0.5, 0.6) is 0 Å². The fourth-order valence-corrected chi connectivity index (χ4v) is 0.401. The van der Waals surface area contributed by atoms with Gasteiger partial charge in [0.25, 0.3) is 0 Å². The van der Waals surface area contributed by atoms with Crippen molar-refractivity contribution in [1.82, 2.24) is 0 Å². The Balaban J connectivity index is 0. The summed E-state index contributed by atoms with van der Waals surface area (Å²) in [5.41, 5.74) is 0. The molecule has 1 radical (unpaired) electrons. The molecule has 0 N–H and O–H groups in total. The van der Waals surface area contributed by atoms with Crippen LogP contribution in [0.2, 0.25) is 0 Å². The number of halogens is 1. The topological polar surface area (TPSA) is 78.4 Å². The molecular formula is C2H5ClCuO4. The zero-order chi connectivity index (χ0) is 5.91. The Labute approximate surface area is 59.7 Å². The second-order valence-electron chi connectivity index (χ2n) is 0.776. The fourth-order valence-electron chi connectivity index (χ4n) is 0.134. The van der Waals surface area contributed by atoms with Gasteiger partial charge in [0.2, 0.25) is 6.61 Å². The van der Waals surface area contributed by atoms with Gasteiger partial charge in [-0.15, -0.1) is 0 Å². The van der Waals surface area contributed by atoms with Crippen LogP contribution < -0.4 is 14.0 Å². The Morgan fingerprint density at radius 1 is 1.38 bits per heavy atom. The van der Waals surface area contributed by atoms with E-state index in [1.807, 2.05) is 0 Å².